The third kappa shape index (κ3) is 3.25. The number of aromatic nitrogens is 1. The summed E-state index contributed by atoms with van der Waals surface area (Å²) in [5.74, 6) is 1.88. The number of hydrogen-bond donors (Lipinski definition) is 1. The highest BCUT2D eigenvalue weighted by molar-refractivity contribution is 6.28. The second kappa shape index (κ2) is 6.18. The molecular weight excluding hydrogens is 274 g/mol. The smallest absolute Gasteiger partial charge is 0.193 e. The molecule has 1 fully saturated rings. The third-order valence-electron chi connectivity index (χ3n) is 3.52. The number of furan rings is 1. The maximum atomic E-state index is 5.74. The van der Waals surface area contributed by atoms with E-state index in [0.717, 1.165) is 30.4 Å². The van der Waals surface area contributed by atoms with Crippen LogP contribution in [0, 0.1) is 0 Å². The van der Waals surface area contributed by atoms with E-state index in [0.29, 0.717) is 11.8 Å². The number of hydrogen-bond acceptors (Lipinski definition) is 4. The highest BCUT2D eigenvalue weighted by Crippen LogP contribution is 2.20. The molecule has 20 heavy (non-hydrogen) atoms. The maximum absolute atomic E-state index is 5.74. The summed E-state index contributed by atoms with van der Waals surface area (Å²) in [5.41, 5.74) is 0.985. The molecule has 0 bridgehead atoms. The molecule has 4 nitrogen and oxygen atoms in total. The summed E-state index contributed by atoms with van der Waals surface area (Å²) in [6, 6.07) is 7.74. The van der Waals surface area contributed by atoms with Crippen LogP contribution < -0.4 is 10.2 Å². The largest absolute Gasteiger partial charge is 0.448 e. The lowest BCUT2D eigenvalue weighted by Crippen LogP contribution is -2.30. The molecule has 106 valence electrons. The number of pyridine rings is 1. The number of anilines is 2. The van der Waals surface area contributed by atoms with Crippen LogP contribution in [-0.2, 0) is 6.54 Å². The van der Waals surface area contributed by atoms with Crippen molar-refractivity contribution in [2.45, 2.75) is 25.8 Å². The van der Waals surface area contributed by atoms with Gasteiger partial charge in [0.25, 0.3) is 0 Å². The Morgan fingerprint density at radius 3 is 2.65 bits per heavy atom. The molecule has 3 heterocycles. The molecule has 0 aliphatic carbocycles. The Kier molecular flexibility index (Phi) is 4.11. The Balaban J connectivity index is 1.58. The van der Waals surface area contributed by atoms with Crippen LogP contribution in [0.1, 0.15) is 25.0 Å². The van der Waals surface area contributed by atoms with Gasteiger partial charge in [-0.15, -0.1) is 0 Å². The minimum atomic E-state index is 0.417. The van der Waals surface area contributed by atoms with Crippen LogP contribution in [0.25, 0.3) is 0 Å². The fourth-order valence-corrected chi connectivity index (χ4v) is 2.60. The normalized spacial score (nSPS) is 15.3. The zero-order valence-corrected chi connectivity index (χ0v) is 12.1. The average molecular weight is 292 g/mol. The summed E-state index contributed by atoms with van der Waals surface area (Å²) >= 11 is 5.74. The first-order valence-electron chi connectivity index (χ1n) is 7.00. The summed E-state index contributed by atoms with van der Waals surface area (Å²) in [4.78, 5) is 6.87. The van der Waals surface area contributed by atoms with Crippen LogP contribution in [0.15, 0.2) is 34.9 Å². The van der Waals surface area contributed by atoms with Crippen molar-refractivity contribution in [3.05, 3.63) is 41.4 Å². The van der Waals surface area contributed by atoms with Crippen LogP contribution in [0.4, 0.5) is 11.5 Å². The van der Waals surface area contributed by atoms with Gasteiger partial charge in [0.2, 0.25) is 0 Å². The first-order valence-corrected chi connectivity index (χ1v) is 7.38. The molecule has 1 N–H and O–H groups in total. The van der Waals surface area contributed by atoms with Crippen LogP contribution in [0.2, 0.25) is 5.22 Å². The Bertz CT molecular complexity index is 547. The van der Waals surface area contributed by atoms with E-state index in [2.05, 4.69) is 27.3 Å². The van der Waals surface area contributed by atoms with Gasteiger partial charge in [0.05, 0.1) is 18.4 Å². The Labute approximate surface area is 123 Å². The molecular formula is C15H18ClN3O. The highest BCUT2D eigenvalue weighted by Gasteiger charge is 2.11. The molecule has 5 heteroatoms. The fraction of sp³-hybridized carbons (Fsp3) is 0.400. The second-order valence-electron chi connectivity index (χ2n) is 5.01. The van der Waals surface area contributed by atoms with E-state index >= 15 is 0 Å². The van der Waals surface area contributed by atoms with Crippen molar-refractivity contribution < 1.29 is 4.42 Å². The number of nitrogens with one attached hydrogen (secondary N) is 1. The van der Waals surface area contributed by atoms with Crippen LogP contribution in [0.5, 0.6) is 0 Å². The molecule has 0 radical (unpaired) electrons. The Hall–Kier alpha value is -1.68. The zero-order valence-electron chi connectivity index (χ0n) is 11.3. The maximum Gasteiger partial charge on any atom is 0.193 e. The molecule has 0 spiro atoms. The Morgan fingerprint density at radius 2 is 2.00 bits per heavy atom. The molecule has 0 unspecified atom stereocenters. The van der Waals surface area contributed by atoms with Gasteiger partial charge in [0.15, 0.2) is 5.22 Å². The summed E-state index contributed by atoms with van der Waals surface area (Å²) in [5, 5.41) is 3.69. The third-order valence-corrected chi connectivity index (χ3v) is 3.73. The van der Waals surface area contributed by atoms with Crippen LogP contribution >= 0.6 is 11.6 Å². The molecule has 1 aliphatic rings. The lowest BCUT2D eigenvalue weighted by atomic mass is 10.1. The summed E-state index contributed by atoms with van der Waals surface area (Å²) in [6.45, 7) is 2.84. The van der Waals surface area contributed by atoms with Crippen LogP contribution in [-0.4, -0.2) is 18.1 Å². The first kappa shape index (κ1) is 13.3. The molecule has 3 rings (SSSR count). The average Bonchev–Trinajstić information content (AvgIpc) is 2.92. The van der Waals surface area contributed by atoms with Gasteiger partial charge in [0, 0.05) is 13.1 Å². The van der Waals surface area contributed by atoms with Gasteiger partial charge < -0.3 is 14.6 Å². The van der Waals surface area contributed by atoms with Crippen molar-refractivity contribution >= 4 is 23.1 Å². The predicted molar refractivity (Wildman–Crippen MR) is 81.3 cm³/mol. The number of piperidine rings is 1. The fourth-order valence-electron chi connectivity index (χ4n) is 2.44. The van der Waals surface area contributed by atoms with Gasteiger partial charge in [-0.25, -0.2) is 4.98 Å². The van der Waals surface area contributed by atoms with Crippen molar-refractivity contribution in [1.29, 1.82) is 0 Å². The first-order chi connectivity index (χ1) is 9.81. The minimum absolute atomic E-state index is 0.417. The SMILES string of the molecule is Clc1ccc(CNc2ccc(N3CCCCC3)nc2)o1. The van der Waals surface area contributed by atoms with Gasteiger partial charge in [-0.1, -0.05) is 0 Å². The van der Waals surface area contributed by atoms with Crippen molar-refractivity contribution in [2.24, 2.45) is 0 Å². The molecule has 0 amide bonds. The van der Waals surface area contributed by atoms with E-state index in [1.807, 2.05) is 12.3 Å². The lowest BCUT2D eigenvalue weighted by molar-refractivity contribution is 0.520. The Morgan fingerprint density at radius 1 is 1.15 bits per heavy atom. The summed E-state index contributed by atoms with van der Waals surface area (Å²) in [6.07, 6.45) is 5.73. The monoisotopic (exact) mass is 291 g/mol. The van der Waals surface area contributed by atoms with Gasteiger partial charge in [-0.3, -0.25) is 0 Å². The van der Waals surface area contributed by atoms with Gasteiger partial charge >= 0.3 is 0 Å². The molecule has 0 atom stereocenters. The van der Waals surface area contributed by atoms with E-state index in [4.69, 9.17) is 16.0 Å². The molecule has 2 aromatic heterocycles. The number of halogens is 1. The van der Waals surface area contributed by atoms with Gasteiger partial charge in [0.1, 0.15) is 11.6 Å². The highest BCUT2D eigenvalue weighted by atomic mass is 35.5. The van der Waals surface area contributed by atoms with E-state index in [9.17, 15) is 0 Å². The molecule has 1 aliphatic heterocycles. The standard InChI is InChI=1S/C15H18ClN3O/c16-14-6-5-13(20-14)11-17-12-4-7-15(18-10-12)19-8-2-1-3-9-19/h4-7,10,17H,1-3,8-9,11H2. The van der Waals surface area contributed by atoms with Crippen molar-refractivity contribution in [3.8, 4) is 0 Å². The van der Waals surface area contributed by atoms with Crippen molar-refractivity contribution in [1.82, 2.24) is 4.98 Å². The minimum Gasteiger partial charge on any atom is -0.448 e. The quantitative estimate of drug-likeness (QED) is 0.927. The molecule has 2 aromatic rings. The van der Waals surface area contributed by atoms with E-state index in [1.54, 1.807) is 6.07 Å². The molecule has 0 aromatic carbocycles. The topological polar surface area (TPSA) is 41.3 Å². The van der Waals surface area contributed by atoms with E-state index in [1.165, 1.54) is 19.3 Å². The molecule has 1 saturated heterocycles. The van der Waals surface area contributed by atoms with Crippen LogP contribution in [0.3, 0.4) is 0 Å². The second-order valence-corrected chi connectivity index (χ2v) is 5.38. The summed E-state index contributed by atoms with van der Waals surface area (Å²) < 4.78 is 5.30. The lowest BCUT2D eigenvalue weighted by Gasteiger charge is -2.27. The van der Waals surface area contributed by atoms with Gasteiger partial charge in [-0.05, 0) is 55.1 Å². The van der Waals surface area contributed by atoms with Crippen molar-refractivity contribution in [2.75, 3.05) is 23.3 Å². The number of rotatable bonds is 4. The van der Waals surface area contributed by atoms with E-state index < -0.39 is 0 Å². The van der Waals surface area contributed by atoms with Gasteiger partial charge in [-0.2, -0.15) is 0 Å². The predicted octanol–water partition coefficient (Wildman–Crippen LogP) is 3.93. The zero-order chi connectivity index (χ0) is 13.8. The number of nitrogens with zero attached hydrogens (tertiary/aromatic N) is 2. The van der Waals surface area contributed by atoms with Crippen molar-refractivity contribution in [3.63, 3.8) is 0 Å². The molecule has 0 saturated carbocycles. The van der Waals surface area contributed by atoms with E-state index in [-0.39, 0.29) is 0 Å². The summed E-state index contributed by atoms with van der Waals surface area (Å²) in [7, 11) is 0.